The summed E-state index contributed by atoms with van der Waals surface area (Å²) in [4.78, 5) is 21.6. The molecule has 0 saturated carbocycles. The summed E-state index contributed by atoms with van der Waals surface area (Å²) in [5.41, 5.74) is 0.904. The number of likely N-dealkylation sites (tertiary alicyclic amines) is 1. The van der Waals surface area contributed by atoms with Crippen molar-refractivity contribution >= 4 is 22.4 Å². The number of nitrogens with one attached hydrogen (secondary N) is 1. The number of nitrogens with zero attached hydrogens (tertiary/aromatic N) is 3. The van der Waals surface area contributed by atoms with Crippen LogP contribution in [0.4, 0.5) is 9.52 Å². The van der Waals surface area contributed by atoms with Gasteiger partial charge in [-0.1, -0.05) is 0 Å². The monoisotopic (exact) mass is 406 g/mol. The number of carbonyl (C=O) groups excluding carboxylic acids is 1. The van der Waals surface area contributed by atoms with Crippen LogP contribution in [0, 0.1) is 11.7 Å². The normalized spacial score (nSPS) is 17.7. The number of rotatable bonds is 7. The van der Waals surface area contributed by atoms with E-state index in [1.807, 2.05) is 0 Å². The third-order valence-electron chi connectivity index (χ3n) is 4.93. The molecule has 1 aliphatic heterocycles. The van der Waals surface area contributed by atoms with Crippen molar-refractivity contribution in [1.29, 1.82) is 0 Å². The Morgan fingerprint density at radius 3 is 3.00 bits per heavy atom. The molecule has 1 aromatic carbocycles. The van der Waals surface area contributed by atoms with Gasteiger partial charge in [-0.05, 0) is 45.6 Å². The summed E-state index contributed by atoms with van der Waals surface area (Å²) in [5.74, 6) is 0.0131. The molecule has 2 heterocycles. The van der Waals surface area contributed by atoms with Gasteiger partial charge in [0.1, 0.15) is 11.6 Å². The lowest BCUT2D eigenvalue weighted by molar-refractivity contribution is -0.121. The van der Waals surface area contributed by atoms with Crippen LogP contribution in [0.3, 0.4) is 0 Å². The number of likely N-dealkylation sites (N-methyl/N-ethyl adjacent to an activating group) is 1. The van der Waals surface area contributed by atoms with E-state index in [4.69, 9.17) is 4.74 Å². The Morgan fingerprint density at radius 2 is 2.29 bits per heavy atom. The van der Waals surface area contributed by atoms with Gasteiger partial charge in [0.05, 0.1) is 18.7 Å². The average molecular weight is 407 g/mol. The van der Waals surface area contributed by atoms with Gasteiger partial charge in [-0.25, -0.2) is 9.37 Å². The minimum absolute atomic E-state index is 0.00865. The van der Waals surface area contributed by atoms with Crippen molar-refractivity contribution in [2.24, 2.45) is 5.92 Å². The number of anilines is 1. The second-order valence-corrected chi connectivity index (χ2v) is 8.17. The predicted octanol–water partition coefficient (Wildman–Crippen LogP) is 3.17. The Balaban J connectivity index is 1.61. The molecule has 1 amide bonds. The number of thiazole rings is 1. The van der Waals surface area contributed by atoms with Crippen LogP contribution in [0.2, 0.25) is 0 Å². The number of methoxy groups -OCH3 is 1. The summed E-state index contributed by atoms with van der Waals surface area (Å²) in [6, 6.07) is 4.66. The summed E-state index contributed by atoms with van der Waals surface area (Å²) >= 11 is 1.31. The van der Waals surface area contributed by atoms with Gasteiger partial charge in [0.2, 0.25) is 5.91 Å². The second-order valence-electron chi connectivity index (χ2n) is 7.32. The fourth-order valence-electron chi connectivity index (χ4n) is 3.31. The van der Waals surface area contributed by atoms with Gasteiger partial charge in [0.25, 0.3) is 0 Å². The zero-order chi connectivity index (χ0) is 20.1. The fourth-order valence-corrected chi connectivity index (χ4v) is 4.02. The van der Waals surface area contributed by atoms with E-state index in [1.54, 1.807) is 17.5 Å². The van der Waals surface area contributed by atoms with E-state index in [2.05, 4.69) is 34.2 Å². The molecule has 152 valence electrons. The number of aromatic nitrogens is 1. The highest BCUT2D eigenvalue weighted by molar-refractivity contribution is 7.14. The average Bonchev–Trinajstić information content (AvgIpc) is 3.14. The Hall–Kier alpha value is -2.03. The lowest BCUT2D eigenvalue weighted by Crippen LogP contribution is -2.43. The van der Waals surface area contributed by atoms with E-state index in [9.17, 15) is 9.18 Å². The summed E-state index contributed by atoms with van der Waals surface area (Å²) < 4.78 is 19.3. The van der Waals surface area contributed by atoms with E-state index in [-0.39, 0.29) is 11.8 Å². The number of benzene rings is 1. The molecule has 0 radical (unpaired) electrons. The van der Waals surface area contributed by atoms with E-state index in [0.717, 1.165) is 39.0 Å². The van der Waals surface area contributed by atoms with Crippen LogP contribution in [0.5, 0.6) is 5.75 Å². The molecule has 1 saturated heterocycles. The second kappa shape index (κ2) is 9.45. The molecule has 28 heavy (non-hydrogen) atoms. The number of hydrogen-bond acceptors (Lipinski definition) is 6. The maximum atomic E-state index is 14.2. The lowest BCUT2D eigenvalue weighted by Gasteiger charge is -2.32. The molecule has 2 aromatic rings. The number of piperidine rings is 1. The van der Waals surface area contributed by atoms with Crippen molar-refractivity contribution in [3.05, 3.63) is 29.4 Å². The van der Waals surface area contributed by atoms with Crippen LogP contribution < -0.4 is 10.1 Å². The molecule has 6 nitrogen and oxygen atoms in total. The summed E-state index contributed by atoms with van der Waals surface area (Å²) in [6.45, 7) is 3.76. The first kappa shape index (κ1) is 20.7. The van der Waals surface area contributed by atoms with Crippen molar-refractivity contribution in [3.63, 3.8) is 0 Å². The first-order valence-electron chi connectivity index (χ1n) is 9.43. The van der Waals surface area contributed by atoms with Gasteiger partial charge >= 0.3 is 0 Å². The van der Waals surface area contributed by atoms with Crippen LogP contribution in [-0.2, 0) is 4.79 Å². The third kappa shape index (κ3) is 5.27. The van der Waals surface area contributed by atoms with Crippen molar-refractivity contribution in [1.82, 2.24) is 14.8 Å². The Bertz CT molecular complexity index is 811. The number of amides is 1. The number of halogens is 1. The highest BCUT2D eigenvalue weighted by Crippen LogP contribution is 2.29. The molecule has 0 spiro atoms. The molecule has 1 unspecified atom stereocenters. The van der Waals surface area contributed by atoms with Gasteiger partial charge in [-0.2, -0.15) is 0 Å². The van der Waals surface area contributed by atoms with E-state index in [1.165, 1.54) is 24.5 Å². The predicted molar refractivity (Wildman–Crippen MR) is 110 cm³/mol. The quantitative estimate of drug-likeness (QED) is 0.765. The van der Waals surface area contributed by atoms with Gasteiger partial charge in [0.15, 0.2) is 5.13 Å². The van der Waals surface area contributed by atoms with Crippen molar-refractivity contribution < 1.29 is 13.9 Å². The molecule has 1 aromatic heterocycles. The van der Waals surface area contributed by atoms with Crippen LogP contribution in [0.25, 0.3) is 11.3 Å². The first-order chi connectivity index (χ1) is 13.5. The largest absolute Gasteiger partial charge is 0.497 e. The van der Waals surface area contributed by atoms with Gasteiger partial charge < -0.3 is 19.9 Å². The molecule has 1 fully saturated rings. The standard InChI is InChI=1S/C20H27FN4O2S/c1-24(2)9-10-25-8-4-5-14(12-25)19(26)23-20-22-18(13-28-20)16-7-6-15(27-3)11-17(16)21/h6-7,11,13-14H,4-5,8-10,12H2,1-3H3,(H,22,23,26). The molecular weight excluding hydrogens is 379 g/mol. The maximum absolute atomic E-state index is 14.2. The Labute approximate surface area is 169 Å². The molecule has 8 heteroatoms. The smallest absolute Gasteiger partial charge is 0.230 e. The zero-order valence-electron chi connectivity index (χ0n) is 16.6. The number of ether oxygens (including phenoxy) is 1. The van der Waals surface area contributed by atoms with Crippen LogP contribution >= 0.6 is 11.3 Å². The molecule has 1 atom stereocenters. The number of carbonyl (C=O) groups is 1. The fraction of sp³-hybridized carbons (Fsp3) is 0.500. The van der Waals surface area contributed by atoms with Gasteiger partial charge in [0, 0.05) is 36.6 Å². The van der Waals surface area contributed by atoms with Gasteiger partial charge in [-0.3, -0.25) is 4.79 Å². The SMILES string of the molecule is COc1ccc(-c2csc(NC(=O)C3CCCN(CCN(C)C)C3)n2)c(F)c1. The topological polar surface area (TPSA) is 57.7 Å². The molecular formula is C20H27FN4O2S. The molecule has 1 N–H and O–H groups in total. The van der Waals surface area contributed by atoms with Gasteiger partial charge in [-0.15, -0.1) is 11.3 Å². The van der Waals surface area contributed by atoms with Crippen LogP contribution in [0.15, 0.2) is 23.6 Å². The van der Waals surface area contributed by atoms with E-state index in [0.29, 0.717) is 22.1 Å². The molecule has 3 rings (SSSR count). The maximum Gasteiger partial charge on any atom is 0.230 e. The minimum Gasteiger partial charge on any atom is -0.497 e. The highest BCUT2D eigenvalue weighted by Gasteiger charge is 2.26. The first-order valence-corrected chi connectivity index (χ1v) is 10.3. The summed E-state index contributed by atoms with van der Waals surface area (Å²) in [7, 11) is 5.61. The van der Waals surface area contributed by atoms with E-state index < -0.39 is 5.82 Å². The number of hydrogen-bond donors (Lipinski definition) is 1. The lowest BCUT2D eigenvalue weighted by atomic mass is 9.97. The molecule has 0 bridgehead atoms. The minimum atomic E-state index is -0.397. The van der Waals surface area contributed by atoms with Crippen molar-refractivity contribution in [2.45, 2.75) is 12.8 Å². The molecule has 0 aliphatic carbocycles. The summed E-state index contributed by atoms with van der Waals surface area (Å²) in [5, 5.41) is 5.17. The van der Waals surface area contributed by atoms with Crippen LogP contribution in [-0.4, -0.2) is 68.1 Å². The van der Waals surface area contributed by atoms with Crippen molar-refractivity contribution in [2.75, 3.05) is 52.7 Å². The third-order valence-corrected chi connectivity index (χ3v) is 5.68. The van der Waals surface area contributed by atoms with Crippen molar-refractivity contribution in [3.8, 4) is 17.0 Å². The Morgan fingerprint density at radius 1 is 1.46 bits per heavy atom. The summed E-state index contributed by atoms with van der Waals surface area (Å²) in [6.07, 6.45) is 1.90. The van der Waals surface area contributed by atoms with E-state index >= 15 is 0 Å². The zero-order valence-corrected chi connectivity index (χ0v) is 17.4. The van der Waals surface area contributed by atoms with Crippen LogP contribution in [0.1, 0.15) is 12.8 Å². The Kier molecular flexibility index (Phi) is 6.98. The molecule has 1 aliphatic rings. The highest BCUT2D eigenvalue weighted by atomic mass is 32.1.